The third kappa shape index (κ3) is 3.70. The Balaban J connectivity index is 2.41. The summed E-state index contributed by atoms with van der Waals surface area (Å²) in [5, 5.41) is 2.01. The van der Waals surface area contributed by atoms with Crippen molar-refractivity contribution in [3.05, 3.63) is 18.2 Å². The summed E-state index contributed by atoms with van der Waals surface area (Å²) in [5.74, 6) is -0.323. The number of halogens is 3. The third-order valence-corrected chi connectivity index (χ3v) is 1.68. The van der Waals surface area contributed by atoms with Gasteiger partial charge in [-0.25, -0.2) is 4.98 Å². The number of carbonyl (C=O) groups is 1. The molecule has 1 aromatic rings. The summed E-state index contributed by atoms with van der Waals surface area (Å²) >= 11 is 0. The van der Waals surface area contributed by atoms with Crippen molar-refractivity contribution in [2.75, 3.05) is 13.1 Å². The van der Waals surface area contributed by atoms with Crippen LogP contribution in [0.25, 0.3) is 0 Å². The first-order chi connectivity index (χ1) is 6.90. The molecule has 0 aliphatic rings. The van der Waals surface area contributed by atoms with Crippen molar-refractivity contribution in [1.82, 2.24) is 14.9 Å². The highest BCUT2D eigenvalue weighted by Gasteiger charge is 2.26. The van der Waals surface area contributed by atoms with E-state index in [0.29, 0.717) is 0 Å². The van der Waals surface area contributed by atoms with Crippen LogP contribution in [0.1, 0.15) is 10.6 Å². The Morgan fingerprint density at radius 2 is 2.27 bits per heavy atom. The number of rotatable bonds is 4. The molecule has 15 heavy (non-hydrogen) atoms. The lowest BCUT2D eigenvalue weighted by atomic mass is 10.3. The summed E-state index contributed by atoms with van der Waals surface area (Å²) in [5.41, 5.74) is 0. The average molecular weight is 221 g/mol. The fraction of sp³-hybridized carbons (Fsp3) is 0.500. The van der Waals surface area contributed by atoms with Gasteiger partial charge in [-0.3, -0.25) is 4.79 Å². The number of aromatic nitrogens is 2. The minimum absolute atomic E-state index is 0.143. The highest BCUT2D eigenvalue weighted by atomic mass is 19.4. The first-order valence-electron chi connectivity index (χ1n) is 4.18. The molecule has 7 heteroatoms. The number of aryl methyl sites for hydroxylation is 1. The van der Waals surface area contributed by atoms with Crippen molar-refractivity contribution in [1.29, 1.82) is 0 Å². The zero-order chi connectivity index (χ0) is 11.5. The van der Waals surface area contributed by atoms with E-state index in [2.05, 4.69) is 4.98 Å². The number of imidazole rings is 1. The maximum absolute atomic E-state index is 11.7. The molecule has 0 atom stereocenters. The zero-order valence-corrected chi connectivity index (χ0v) is 8.01. The van der Waals surface area contributed by atoms with Gasteiger partial charge in [0.15, 0.2) is 5.82 Å². The Hall–Kier alpha value is -1.37. The number of alkyl halides is 3. The molecule has 1 rings (SSSR count). The SMILES string of the molecule is Cn1ccnc1C(=O)CNCC(F)(F)F. The molecule has 0 bridgehead atoms. The van der Waals surface area contributed by atoms with Crippen LogP contribution in [0.2, 0.25) is 0 Å². The Morgan fingerprint density at radius 1 is 1.60 bits per heavy atom. The van der Waals surface area contributed by atoms with Crippen molar-refractivity contribution >= 4 is 5.78 Å². The molecule has 0 aromatic carbocycles. The zero-order valence-electron chi connectivity index (χ0n) is 8.01. The fourth-order valence-electron chi connectivity index (χ4n) is 1.03. The van der Waals surface area contributed by atoms with Gasteiger partial charge in [0, 0.05) is 19.4 Å². The smallest absolute Gasteiger partial charge is 0.332 e. The number of hydrogen-bond acceptors (Lipinski definition) is 3. The first kappa shape index (κ1) is 11.7. The number of nitrogens with one attached hydrogen (secondary N) is 1. The highest BCUT2D eigenvalue weighted by Crippen LogP contribution is 2.11. The maximum Gasteiger partial charge on any atom is 0.401 e. The second-order valence-electron chi connectivity index (χ2n) is 3.00. The third-order valence-electron chi connectivity index (χ3n) is 1.68. The van der Waals surface area contributed by atoms with Crippen molar-refractivity contribution in [2.24, 2.45) is 7.05 Å². The summed E-state index contributed by atoms with van der Waals surface area (Å²) in [4.78, 5) is 15.0. The predicted molar refractivity (Wildman–Crippen MR) is 46.5 cm³/mol. The Morgan fingerprint density at radius 3 is 2.73 bits per heavy atom. The van der Waals surface area contributed by atoms with E-state index in [0.717, 1.165) is 0 Å². The molecule has 1 heterocycles. The van der Waals surface area contributed by atoms with E-state index in [-0.39, 0.29) is 12.4 Å². The minimum Gasteiger partial charge on any atom is -0.332 e. The number of nitrogens with zero attached hydrogens (tertiary/aromatic N) is 2. The average Bonchev–Trinajstić information content (AvgIpc) is 2.48. The van der Waals surface area contributed by atoms with Crippen LogP contribution in [0.15, 0.2) is 12.4 Å². The lowest BCUT2D eigenvalue weighted by Crippen LogP contribution is -2.33. The summed E-state index contributed by atoms with van der Waals surface area (Å²) in [7, 11) is 1.60. The van der Waals surface area contributed by atoms with Gasteiger partial charge in [-0.15, -0.1) is 0 Å². The normalized spacial score (nSPS) is 11.7. The van der Waals surface area contributed by atoms with E-state index in [1.54, 1.807) is 13.2 Å². The van der Waals surface area contributed by atoms with Crippen LogP contribution in [0.5, 0.6) is 0 Å². The van der Waals surface area contributed by atoms with Crippen LogP contribution in [0, 0.1) is 0 Å². The quantitative estimate of drug-likeness (QED) is 0.763. The van der Waals surface area contributed by atoms with E-state index in [1.807, 2.05) is 5.32 Å². The van der Waals surface area contributed by atoms with Crippen molar-refractivity contribution < 1.29 is 18.0 Å². The first-order valence-corrected chi connectivity index (χ1v) is 4.18. The Bertz CT molecular complexity index is 345. The molecule has 0 aliphatic carbocycles. The Labute approximate surface area is 84.1 Å². The fourth-order valence-corrected chi connectivity index (χ4v) is 1.03. The van der Waals surface area contributed by atoms with Gasteiger partial charge in [0.1, 0.15) is 0 Å². The second-order valence-corrected chi connectivity index (χ2v) is 3.00. The Kier molecular flexibility index (Phi) is 3.46. The molecule has 0 amide bonds. The predicted octanol–water partition coefficient (Wildman–Crippen LogP) is 0.755. The van der Waals surface area contributed by atoms with Gasteiger partial charge in [-0.2, -0.15) is 13.2 Å². The van der Waals surface area contributed by atoms with Gasteiger partial charge in [0.2, 0.25) is 5.78 Å². The molecule has 0 saturated heterocycles. The van der Waals surface area contributed by atoms with Crippen molar-refractivity contribution in [2.45, 2.75) is 6.18 Å². The standard InChI is InChI=1S/C8H10F3N3O/c1-14-3-2-13-7(14)6(15)4-12-5-8(9,10)11/h2-3,12H,4-5H2,1H3. The number of Topliss-reactive ketones (excluding diaryl/α,β-unsaturated/α-hetero) is 1. The summed E-state index contributed by atoms with van der Waals surface area (Å²) in [6, 6.07) is 0. The van der Waals surface area contributed by atoms with Crippen molar-refractivity contribution in [3.63, 3.8) is 0 Å². The molecular formula is C8H10F3N3O. The molecular weight excluding hydrogens is 211 g/mol. The molecule has 0 spiro atoms. The monoisotopic (exact) mass is 221 g/mol. The van der Waals surface area contributed by atoms with Crippen LogP contribution >= 0.6 is 0 Å². The lowest BCUT2D eigenvalue weighted by molar-refractivity contribution is -0.124. The molecule has 1 N–H and O–H groups in total. The number of ketones is 1. The van der Waals surface area contributed by atoms with E-state index >= 15 is 0 Å². The molecule has 1 aromatic heterocycles. The van der Waals surface area contributed by atoms with Gasteiger partial charge < -0.3 is 9.88 Å². The molecule has 0 unspecified atom stereocenters. The van der Waals surface area contributed by atoms with Crippen molar-refractivity contribution in [3.8, 4) is 0 Å². The largest absolute Gasteiger partial charge is 0.401 e. The van der Waals surface area contributed by atoms with Crippen LogP contribution in [0.4, 0.5) is 13.2 Å². The molecule has 0 aliphatic heterocycles. The molecule has 0 radical (unpaired) electrons. The van der Waals surface area contributed by atoms with E-state index < -0.39 is 18.5 Å². The topological polar surface area (TPSA) is 46.9 Å². The van der Waals surface area contributed by atoms with E-state index in [1.165, 1.54) is 10.8 Å². The van der Waals surface area contributed by atoms with Gasteiger partial charge in [-0.1, -0.05) is 0 Å². The van der Waals surface area contributed by atoms with Crippen LogP contribution in [-0.4, -0.2) is 34.6 Å². The summed E-state index contributed by atoms with van der Waals surface area (Å²) < 4.78 is 36.7. The molecule has 84 valence electrons. The lowest BCUT2D eigenvalue weighted by Gasteiger charge is -2.07. The van der Waals surface area contributed by atoms with E-state index in [4.69, 9.17) is 0 Å². The van der Waals surface area contributed by atoms with Gasteiger partial charge in [0.05, 0.1) is 13.1 Å². The van der Waals surface area contributed by atoms with Gasteiger partial charge in [-0.05, 0) is 0 Å². The van der Waals surface area contributed by atoms with Gasteiger partial charge in [0.25, 0.3) is 0 Å². The molecule has 0 saturated carbocycles. The van der Waals surface area contributed by atoms with Gasteiger partial charge >= 0.3 is 6.18 Å². The molecule has 0 fully saturated rings. The summed E-state index contributed by atoms with van der Waals surface area (Å²) in [6.07, 6.45) is -1.34. The van der Waals surface area contributed by atoms with Crippen LogP contribution in [0.3, 0.4) is 0 Å². The minimum atomic E-state index is -4.30. The second kappa shape index (κ2) is 4.43. The summed E-state index contributed by atoms with van der Waals surface area (Å²) in [6.45, 7) is -1.55. The maximum atomic E-state index is 11.7. The van der Waals surface area contributed by atoms with Crippen LogP contribution in [-0.2, 0) is 7.05 Å². The highest BCUT2D eigenvalue weighted by molar-refractivity contribution is 5.94. The number of hydrogen-bond donors (Lipinski definition) is 1. The van der Waals surface area contributed by atoms with Crippen LogP contribution < -0.4 is 5.32 Å². The number of carbonyl (C=O) groups excluding carboxylic acids is 1. The van der Waals surface area contributed by atoms with E-state index in [9.17, 15) is 18.0 Å². The molecule has 4 nitrogen and oxygen atoms in total.